The van der Waals surface area contributed by atoms with Crippen molar-refractivity contribution in [3.8, 4) is 6.07 Å². The largest absolute Gasteiger partial charge is 0.381 e. The number of anilines is 1. The maximum atomic E-state index is 9.05. The Morgan fingerprint density at radius 3 is 2.30 bits per heavy atom. The van der Waals surface area contributed by atoms with Gasteiger partial charge in [0, 0.05) is 29.4 Å². The van der Waals surface area contributed by atoms with Gasteiger partial charge in [-0.1, -0.05) is 15.9 Å². The van der Waals surface area contributed by atoms with Crippen molar-refractivity contribution in [1.29, 1.82) is 5.26 Å². The normalized spacial score (nSPS) is 10.4. The van der Waals surface area contributed by atoms with Crippen LogP contribution in [0.1, 0.15) is 28.1 Å². The molecule has 1 heterocycles. The number of rotatable bonds is 3. The molecule has 4 heteroatoms. The van der Waals surface area contributed by atoms with Gasteiger partial charge in [0.25, 0.3) is 0 Å². The van der Waals surface area contributed by atoms with Crippen LogP contribution in [0.5, 0.6) is 0 Å². The average Bonchev–Trinajstić information content (AvgIpc) is 2.69. The molecule has 0 aliphatic carbocycles. The van der Waals surface area contributed by atoms with Gasteiger partial charge in [-0.05, 0) is 55.7 Å². The summed E-state index contributed by atoms with van der Waals surface area (Å²) in [5, 5.41) is 12.5. The lowest BCUT2D eigenvalue weighted by molar-refractivity contribution is 0.856. The summed E-state index contributed by atoms with van der Waals surface area (Å²) in [7, 11) is 1.92. The lowest BCUT2D eigenvalue weighted by atomic mass is 10.1. The van der Waals surface area contributed by atoms with Crippen molar-refractivity contribution in [2.24, 2.45) is 7.05 Å². The van der Waals surface area contributed by atoms with Crippen molar-refractivity contribution in [1.82, 2.24) is 4.57 Å². The fourth-order valence-corrected chi connectivity index (χ4v) is 2.52. The molecule has 104 valence electrons. The maximum Gasteiger partial charge on any atom is 0.120 e. The third kappa shape index (κ3) is 2.73. The van der Waals surface area contributed by atoms with Crippen LogP contribution in [0.2, 0.25) is 0 Å². The molecule has 0 radical (unpaired) electrons. The van der Waals surface area contributed by atoms with Crippen LogP contribution in [-0.2, 0) is 13.6 Å². The molecule has 0 saturated carbocycles. The standard InChI is InChI=1S/C16H18BrN3/c1-10-5-14(6-11(2)16(10)17)19-9-13-7-15(8-18)20(4)12(13)3/h5-7,19H,9H2,1-4H3. The summed E-state index contributed by atoms with van der Waals surface area (Å²) < 4.78 is 3.08. The number of hydrogen-bond acceptors (Lipinski definition) is 2. The zero-order valence-corrected chi connectivity index (χ0v) is 13.8. The van der Waals surface area contributed by atoms with Crippen molar-refractivity contribution < 1.29 is 0 Å². The summed E-state index contributed by atoms with van der Waals surface area (Å²) in [6, 6.07) is 8.41. The first kappa shape index (κ1) is 14.7. The second-order valence-corrected chi connectivity index (χ2v) is 5.88. The van der Waals surface area contributed by atoms with E-state index in [1.54, 1.807) is 0 Å². The Labute approximate surface area is 128 Å². The Balaban J connectivity index is 2.20. The number of nitrogens with one attached hydrogen (secondary N) is 1. The number of halogens is 1. The van der Waals surface area contributed by atoms with Gasteiger partial charge in [-0.25, -0.2) is 0 Å². The minimum atomic E-state index is 0.697. The first-order chi connectivity index (χ1) is 9.43. The monoisotopic (exact) mass is 331 g/mol. The highest BCUT2D eigenvalue weighted by Gasteiger charge is 2.09. The number of benzene rings is 1. The van der Waals surface area contributed by atoms with E-state index in [1.165, 1.54) is 11.1 Å². The number of nitrogens with zero attached hydrogens (tertiary/aromatic N) is 2. The summed E-state index contributed by atoms with van der Waals surface area (Å²) >= 11 is 3.58. The molecule has 1 N–H and O–H groups in total. The van der Waals surface area contributed by atoms with Crippen LogP contribution in [0, 0.1) is 32.1 Å². The molecule has 20 heavy (non-hydrogen) atoms. The molecule has 0 atom stereocenters. The molecule has 1 aromatic carbocycles. The molecule has 0 aliphatic rings. The van der Waals surface area contributed by atoms with E-state index in [-0.39, 0.29) is 0 Å². The average molecular weight is 332 g/mol. The van der Waals surface area contributed by atoms with Crippen LogP contribution < -0.4 is 5.32 Å². The summed E-state index contributed by atoms with van der Waals surface area (Å²) in [6.07, 6.45) is 0. The Morgan fingerprint density at radius 2 is 1.80 bits per heavy atom. The highest BCUT2D eigenvalue weighted by molar-refractivity contribution is 9.10. The van der Waals surface area contributed by atoms with Gasteiger partial charge in [0.05, 0.1) is 0 Å². The van der Waals surface area contributed by atoms with Crippen molar-refractivity contribution in [3.05, 3.63) is 50.8 Å². The predicted molar refractivity (Wildman–Crippen MR) is 85.8 cm³/mol. The topological polar surface area (TPSA) is 40.8 Å². The summed E-state index contributed by atoms with van der Waals surface area (Å²) in [6.45, 7) is 6.94. The minimum Gasteiger partial charge on any atom is -0.381 e. The number of hydrogen-bond donors (Lipinski definition) is 1. The van der Waals surface area contributed by atoms with Gasteiger partial charge < -0.3 is 9.88 Å². The van der Waals surface area contributed by atoms with Crippen molar-refractivity contribution >= 4 is 21.6 Å². The Hall–Kier alpha value is -1.73. The molecule has 2 aromatic rings. The molecule has 2 rings (SSSR count). The Bertz CT molecular complexity index is 669. The van der Waals surface area contributed by atoms with Crippen LogP contribution in [0.3, 0.4) is 0 Å². The quantitative estimate of drug-likeness (QED) is 0.915. The number of nitriles is 1. The van der Waals surface area contributed by atoms with Gasteiger partial charge in [0.1, 0.15) is 11.8 Å². The zero-order chi connectivity index (χ0) is 14.9. The third-order valence-corrected chi connectivity index (χ3v) is 4.92. The smallest absolute Gasteiger partial charge is 0.120 e. The second-order valence-electron chi connectivity index (χ2n) is 5.09. The lowest BCUT2D eigenvalue weighted by Gasteiger charge is -2.11. The molecule has 0 aliphatic heterocycles. The molecule has 0 fully saturated rings. The van der Waals surface area contributed by atoms with Crippen molar-refractivity contribution in [2.45, 2.75) is 27.3 Å². The van der Waals surface area contributed by atoms with Gasteiger partial charge in [0.2, 0.25) is 0 Å². The molecule has 1 aromatic heterocycles. The fourth-order valence-electron chi connectivity index (χ4n) is 2.29. The zero-order valence-electron chi connectivity index (χ0n) is 12.2. The van der Waals surface area contributed by atoms with Crippen LogP contribution in [-0.4, -0.2) is 4.57 Å². The summed E-state index contributed by atoms with van der Waals surface area (Å²) in [5.74, 6) is 0. The predicted octanol–water partition coefficient (Wildman–Crippen LogP) is 4.20. The van der Waals surface area contributed by atoms with E-state index in [2.05, 4.69) is 53.3 Å². The van der Waals surface area contributed by atoms with Crippen molar-refractivity contribution in [2.75, 3.05) is 5.32 Å². The first-order valence-electron chi connectivity index (χ1n) is 6.50. The molecule has 0 saturated heterocycles. The molecular formula is C16H18BrN3. The number of aromatic nitrogens is 1. The molecule has 0 bridgehead atoms. The van der Waals surface area contributed by atoms with Gasteiger partial charge in [0.15, 0.2) is 0 Å². The van der Waals surface area contributed by atoms with E-state index < -0.39 is 0 Å². The minimum absolute atomic E-state index is 0.697. The lowest BCUT2D eigenvalue weighted by Crippen LogP contribution is -2.02. The second kappa shape index (κ2) is 5.72. The summed E-state index contributed by atoms with van der Waals surface area (Å²) in [4.78, 5) is 0. The van der Waals surface area contributed by atoms with E-state index in [1.807, 2.05) is 24.6 Å². The van der Waals surface area contributed by atoms with Gasteiger partial charge in [-0.2, -0.15) is 5.26 Å². The van der Waals surface area contributed by atoms with E-state index in [0.717, 1.165) is 28.0 Å². The Morgan fingerprint density at radius 1 is 1.20 bits per heavy atom. The van der Waals surface area contributed by atoms with Crippen molar-refractivity contribution in [3.63, 3.8) is 0 Å². The first-order valence-corrected chi connectivity index (χ1v) is 7.29. The maximum absolute atomic E-state index is 9.05. The van der Waals surface area contributed by atoms with E-state index in [4.69, 9.17) is 5.26 Å². The molecule has 3 nitrogen and oxygen atoms in total. The van der Waals surface area contributed by atoms with E-state index in [0.29, 0.717) is 5.69 Å². The van der Waals surface area contributed by atoms with Crippen LogP contribution >= 0.6 is 15.9 Å². The molecular weight excluding hydrogens is 314 g/mol. The van der Waals surface area contributed by atoms with Gasteiger partial charge in [-0.3, -0.25) is 0 Å². The Kier molecular flexibility index (Phi) is 4.20. The molecule has 0 unspecified atom stereocenters. The van der Waals surface area contributed by atoms with Gasteiger partial charge >= 0.3 is 0 Å². The highest BCUT2D eigenvalue weighted by Crippen LogP contribution is 2.25. The third-order valence-electron chi connectivity index (χ3n) is 3.67. The molecule has 0 spiro atoms. The SMILES string of the molecule is Cc1cc(NCc2cc(C#N)n(C)c2C)cc(C)c1Br. The van der Waals surface area contributed by atoms with E-state index >= 15 is 0 Å². The number of aryl methyl sites for hydroxylation is 2. The van der Waals surface area contributed by atoms with Gasteiger partial charge in [-0.15, -0.1) is 0 Å². The van der Waals surface area contributed by atoms with Crippen LogP contribution in [0.15, 0.2) is 22.7 Å². The molecule has 0 amide bonds. The van der Waals surface area contributed by atoms with Crippen LogP contribution in [0.4, 0.5) is 5.69 Å². The fraction of sp³-hybridized carbons (Fsp3) is 0.312. The van der Waals surface area contributed by atoms with Crippen LogP contribution in [0.25, 0.3) is 0 Å². The highest BCUT2D eigenvalue weighted by atomic mass is 79.9. The summed E-state index contributed by atoms with van der Waals surface area (Å²) in [5.41, 5.74) is 6.51. The van der Waals surface area contributed by atoms with E-state index in [9.17, 15) is 0 Å².